The standard InChI is InChI=1S/C16H33N5O3/c1-8-14(22)19-13(9-17-15(4,5)11(2)20-23)10-18-16(6,7)12(3)21-24/h13,17-18,23-24H,8-10H2,1-7H3,(H,19,22)/b20-11+,21-12+. The lowest BCUT2D eigenvalue weighted by Crippen LogP contribution is -2.57. The molecular weight excluding hydrogens is 310 g/mol. The van der Waals surface area contributed by atoms with Crippen molar-refractivity contribution in [3.8, 4) is 0 Å². The fourth-order valence-electron chi connectivity index (χ4n) is 1.77. The van der Waals surface area contributed by atoms with Gasteiger partial charge in [-0.1, -0.05) is 17.2 Å². The molecule has 0 bridgehead atoms. The Labute approximate surface area is 144 Å². The first kappa shape index (κ1) is 22.3. The predicted molar refractivity (Wildman–Crippen MR) is 96.2 cm³/mol. The van der Waals surface area contributed by atoms with E-state index in [0.717, 1.165) is 0 Å². The van der Waals surface area contributed by atoms with Crippen LogP contribution in [0.15, 0.2) is 10.3 Å². The van der Waals surface area contributed by atoms with Gasteiger partial charge in [0.2, 0.25) is 5.91 Å². The fraction of sp³-hybridized carbons (Fsp3) is 0.812. The zero-order valence-electron chi connectivity index (χ0n) is 15.9. The first-order valence-electron chi connectivity index (χ1n) is 8.17. The monoisotopic (exact) mass is 343 g/mol. The van der Waals surface area contributed by atoms with E-state index in [-0.39, 0.29) is 11.9 Å². The Balaban J connectivity index is 4.91. The van der Waals surface area contributed by atoms with Crippen molar-refractivity contribution >= 4 is 17.3 Å². The molecule has 0 aromatic carbocycles. The molecule has 0 aromatic rings. The molecule has 0 fully saturated rings. The van der Waals surface area contributed by atoms with Crippen molar-refractivity contribution in [3.05, 3.63) is 0 Å². The predicted octanol–water partition coefficient (Wildman–Crippen LogP) is 1.32. The number of oxime groups is 2. The highest BCUT2D eigenvalue weighted by molar-refractivity contribution is 5.90. The van der Waals surface area contributed by atoms with Crippen LogP contribution in [-0.4, -0.2) is 58.0 Å². The molecule has 0 radical (unpaired) electrons. The van der Waals surface area contributed by atoms with Gasteiger partial charge in [0, 0.05) is 19.5 Å². The molecular formula is C16H33N5O3. The van der Waals surface area contributed by atoms with Crippen molar-refractivity contribution in [2.75, 3.05) is 13.1 Å². The third-order valence-corrected chi connectivity index (χ3v) is 4.38. The Morgan fingerprint density at radius 2 is 1.33 bits per heavy atom. The SMILES string of the molecule is CCC(=O)NC(CNC(C)(C)/C(C)=N/O)CNC(C)(C)/C(C)=N/O. The van der Waals surface area contributed by atoms with Gasteiger partial charge in [-0.3, -0.25) is 4.79 Å². The highest BCUT2D eigenvalue weighted by Crippen LogP contribution is 2.07. The number of hydrogen-bond donors (Lipinski definition) is 5. The third-order valence-electron chi connectivity index (χ3n) is 4.38. The number of rotatable bonds is 10. The lowest BCUT2D eigenvalue weighted by molar-refractivity contribution is -0.121. The maximum Gasteiger partial charge on any atom is 0.220 e. The topological polar surface area (TPSA) is 118 Å². The summed E-state index contributed by atoms with van der Waals surface area (Å²) in [6.07, 6.45) is 0.400. The summed E-state index contributed by atoms with van der Waals surface area (Å²) in [5.41, 5.74) is 0.114. The molecule has 0 aliphatic carbocycles. The van der Waals surface area contributed by atoms with Crippen molar-refractivity contribution in [3.63, 3.8) is 0 Å². The summed E-state index contributed by atoms with van der Waals surface area (Å²) in [5, 5.41) is 33.9. The first-order valence-corrected chi connectivity index (χ1v) is 8.17. The minimum absolute atomic E-state index is 0.0423. The minimum atomic E-state index is -0.498. The van der Waals surface area contributed by atoms with E-state index in [1.54, 1.807) is 20.8 Å². The summed E-state index contributed by atoms with van der Waals surface area (Å²) in [5.74, 6) is -0.0423. The molecule has 0 aromatic heterocycles. The zero-order valence-corrected chi connectivity index (χ0v) is 15.9. The summed E-state index contributed by atoms with van der Waals surface area (Å²) in [6, 6.07) is -0.172. The highest BCUT2D eigenvalue weighted by Gasteiger charge is 2.26. The molecule has 140 valence electrons. The Morgan fingerprint density at radius 1 is 0.958 bits per heavy atom. The molecule has 0 aliphatic heterocycles. The van der Waals surface area contributed by atoms with Gasteiger partial charge in [0.25, 0.3) is 0 Å². The van der Waals surface area contributed by atoms with Gasteiger partial charge in [0.05, 0.1) is 28.5 Å². The summed E-state index contributed by atoms with van der Waals surface area (Å²) in [7, 11) is 0. The second-order valence-corrected chi connectivity index (χ2v) is 7.00. The first-order chi connectivity index (χ1) is 11.0. The Hall–Kier alpha value is -1.67. The molecule has 5 N–H and O–H groups in total. The normalized spacial score (nSPS) is 14.2. The summed E-state index contributed by atoms with van der Waals surface area (Å²) >= 11 is 0. The smallest absolute Gasteiger partial charge is 0.220 e. The van der Waals surface area contributed by atoms with Gasteiger partial charge in [0.1, 0.15) is 0 Å². The van der Waals surface area contributed by atoms with Crippen LogP contribution >= 0.6 is 0 Å². The number of carbonyl (C=O) groups is 1. The van der Waals surface area contributed by atoms with E-state index in [2.05, 4.69) is 26.3 Å². The average molecular weight is 343 g/mol. The molecule has 0 spiro atoms. The molecule has 24 heavy (non-hydrogen) atoms. The van der Waals surface area contributed by atoms with Crippen LogP contribution in [0.2, 0.25) is 0 Å². The van der Waals surface area contributed by atoms with Gasteiger partial charge in [-0.2, -0.15) is 0 Å². The van der Waals surface area contributed by atoms with E-state index in [4.69, 9.17) is 10.4 Å². The summed E-state index contributed by atoms with van der Waals surface area (Å²) < 4.78 is 0. The number of carbonyl (C=O) groups excluding carboxylic acids is 1. The molecule has 8 nitrogen and oxygen atoms in total. The maximum absolute atomic E-state index is 11.8. The van der Waals surface area contributed by atoms with E-state index >= 15 is 0 Å². The zero-order chi connectivity index (χ0) is 19.0. The van der Waals surface area contributed by atoms with Crippen molar-refractivity contribution in [1.82, 2.24) is 16.0 Å². The second-order valence-electron chi connectivity index (χ2n) is 7.00. The minimum Gasteiger partial charge on any atom is -0.411 e. The highest BCUT2D eigenvalue weighted by atomic mass is 16.4. The van der Waals surface area contributed by atoms with Gasteiger partial charge in [-0.15, -0.1) is 0 Å². The molecule has 0 saturated heterocycles. The van der Waals surface area contributed by atoms with Crippen LogP contribution in [-0.2, 0) is 4.79 Å². The molecule has 0 saturated carbocycles. The maximum atomic E-state index is 11.8. The van der Waals surface area contributed by atoms with E-state index in [1.807, 2.05) is 27.7 Å². The van der Waals surface area contributed by atoms with Crippen LogP contribution in [0.4, 0.5) is 0 Å². The van der Waals surface area contributed by atoms with Crippen molar-refractivity contribution in [1.29, 1.82) is 0 Å². The molecule has 0 rings (SSSR count). The van der Waals surface area contributed by atoms with Crippen molar-refractivity contribution < 1.29 is 15.2 Å². The molecule has 0 heterocycles. The largest absolute Gasteiger partial charge is 0.411 e. The van der Waals surface area contributed by atoms with Gasteiger partial charge in [-0.25, -0.2) is 0 Å². The summed E-state index contributed by atoms with van der Waals surface area (Å²) in [4.78, 5) is 11.8. The Bertz CT molecular complexity index is 438. The van der Waals surface area contributed by atoms with Gasteiger partial charge >= 0.3 is 0 Å². The van der Waals surface area contributed by atoms with Crippen LogP contribution in [0.3, 0.4) is 0 Å². The van der Waals surface area contributed by atoms with Gasteiger partial charge in [0.15, 0.2) is 0 Å². The Morgan fingerprint density at radius 3 is 1.62 bits per heavy atom. The van der Waals surface area contributed by atoms with E-state index < -0.39 is 11.1 Å². The number of amides is 1. The summed E-state index contributed by atoms with van der Waals surface area (Å²) in [6.45, 7) is 13.9. The molecule has 0 unspecified atom stereocenters. The van der Waals surface area contributed by atoms with E-state index in [0.29, 0.717) is 30.9 Å². The van der Waals surface area contributed by atoms with Crippen LogP contribution < -0.4 is 16.0 Å². The van der Waals surface area contributed by atoms with Crippen LogP contribution in [0.25, 0.3) is 0 Å². The Kier molecular flexibility index (Phi) is 8.92. The van der Waals surface area contributed by atoms with Crippen molar-refractivity contribution in [2.45, 2.75) is 72.0 Å². The quantitative estimate of drug-likeness (QED) is 0.233. The van der Waals surface area contributed by atoms with Gasteiger partial charge in [-0.05, 0) is 41.5 Å². The number of nitrogens with zero attached hydrogens (tertiary/aromatic N) is 2. The molecule has 8 heteroatoms. The third kappa shape index (κ3) is 7.27. The average Bonchev–Trinajstić information content (AvgIpc) is 2.55. The van der Waals surface area contributed by atoms with E-state index in [1.165, 1.54) is 0 Å². The lowest BCUT2D eigenvalue weighted by Gasteiger charge is -2.32. The number of nitrogens with one attached hydrogen (secondary N) is 3. The van der Waals surface area contributed by atoms with Crippen LogP contribution in [0.1, 0.15) is 54.9 Å². The fourth-order valence-corrected chi connectivity index (χ4v) is 1.77. The second kappa shape index (κ2) is 9.58. The van der Waals surface area contributed by atoms with Gasteiger partial charge < -0.3 is 26.4 Å². The van der Waals surface area contributed by atoms with Crippen molar-refractivity contribution in [2.24, 2.45) is 10.3 Å². The molecule has 0 aliphatic rings. The number of hydrogen-bond acceptors (Lipinski definition) is 7. The molecule has 1 amide bonds. The van der Waals surface area contributed by atoms with Crippen LogP contribution in [0.5, 0.6) is 0 Å². The van der Waals surface area contributed by atoms with E-state index in [9.17, 15) is 4.79 Å². The van der Waals surface area contributed by atoms with Crippen LogP contribution in [0, 0.1) is 0 Å². The molecule has 0 atom stereocenters. The lowest BCUT2D eigenvalue weighted by atomic mass is 9.98.